The minimum absolute atomic E-state index is 0.0108. The van der Waals surface area contributed by atoms with Gasteiger partial charge in [0.05, 0.1) is 10.6 Å². The molecule has 2 rings (SSSR count). The summed E-state index contributed by atoms with van der Waals surface area (Å²) in [6, 6.07) is 4.40. The Balaban J connectivity index is 2.48. The Morgan fingerprint density at radius 3 is 2.83 bits per heavy atom. The highest BCUT2D eigenvalue weighted by Gasteiger charge is 2.34. The first-order chi connectivity index (χ1) is 8.54. The number of amides is 1. The third kappa shape index (κ3) is 1.92. The van der Waals surface area contributed by atoms with Crippen molar-refractivity contribution in [2.24, 2.45) is 5.92 Å². The van der Waals surface area contributed by atoms with E-state index in [1.807, 2.05) is 0 Å². The lowest BCUT2D eigenvalue weighted by atomic mass is 10.1. The van der Waals surface area contributed by atoms with Crippen LogP contribution in [0, 0.1) is 16.0 Å². The minimum atomic E-state index is -0.528. The van der Waals surface area contributed by atoms with Gasteiger partial charge in [-0.15, -0.1) is 6.58 Å². The topological polar surface area (TPSA) is 89.5 Å². The van der Waals surface area contributed by atoms with Gasteiger partial charge in [0.2, 0.25) is 5.91 Å². The van der Waals surface area contributed by atoms with Crippen molar-refractivity contribution in [2.45, 2.75) is 6.42 Å². The van der Waals surface area contributed by atoms with Gasteiger partial charge in [0.1, 0.15) is 5.69 Å². The first kappa shape index (κ1) is 12.1. The summed E-state index contributed by atoms with van der Waals surface area (Å²) in [7, 11) is 0. The Morgan fingerprint density at radius 2 is 2.28 bits per heavy atom. The molecular formula is C12H13N3O3. The molecule has 1 amide bonds. The van der Waals surface area contributed by atoms with Gasteiger partial charge >= 0.3 is 0 Å². The predicted molar refractivity (Wildman–Crippen MR) is 68.2 cm³/mol. The Bertz CT molecular complexity index is 527. The molecule has 0 aromatic heterocycles. The van der Waals surface area contributed by atoms with Gasteiger partial charge in [0, 0.05) is 24.9 Å². The summed E-state index contributed by atoms with van der Waals surface area (Å²) in [6.07, 6.45) is 2.00. The number of nitrogen functional groups attached to an aromatic ring is 1. The molecule has 0 radical (unpaired) electrons. The molecule has 2 N–H and O–H groups in total. The van der Waals surface area contributed by atoms with Crippen LogP contribution in [0.2, 0.25) is 0 Å². The van der Waals surface area contributed by atoms with E-state index in [0.29, 0.717) is 13.0 Å². The summed E-state index contributed by atoms with van der Waals surface area (Å²) in [4.78, 5) is 23.7. The van der Waals surface area contributed by atoms with Gasteiger partial charge in [-0.05, 0) is 6.07 Å². The summed E-state index contributed by atoms with van der Waals surface area (Å²) in [5, 5.41) is 11.0. The number of nitrogens with zero attached hydrogens (tertiary/aromatic N) is 2. The van der Waals surface area contributed by atoms with E-state index in [2.05, 4.69) is 6.58 Å². The van der Waals surface area contributed by atoms with Crippen LogP contribution in [-0.4, -0.2) is 17.4 Å². The van der Waals surface area contributed by atoms with Gasteiger partial charge < -0.3 is 10.6 Å². The van der Waals surface area contributed by atoms with E-state index in [1.165, 1.54) is 17.0 Å². The number of anilines is 2. The number of benzene rings is 1. The molecule has 1 aliphatic heterocycles. The molecule has 1 unspecified atom stereocenters. The van der Waals surface area contributed by atoms with E-state index in [0.717, 1.165) is 0 Å². The average molecular weight is 247 g/mol. The van der Waals surface area contributed by atoms with E-state index >= 15 is 0 Å². The van der Waals surface area contributed by atoms with Crippen LogP contribution in [0.15, 0.2) is 30.9 Å². The molecular weight excluding hydrogens is 234 g/mol. The largest absolute Gasteiger partial charge is 0.397 e. The minimum Gasteiger partial charge on any atom is -0.397 e. The molecule has 1 aliphatic rings. The zero-order valence-corrected chi connectivity index (χ0v) is 9.70. The highest BCUT2D eigenvalue weighted by Crippen LogP contribution is 2.37. The monoisotopic (exact) mass is 247 g/mol. The highest BCUT2D eigenvalue weighted by atomic mass is 16.6. The van der Waals surface area contributed by atoms with E-state index in [-0.39, 0.29) is 28.9 Å². The number of carbonyl (C=O) groups excluding carboxylic acids is 1. The highest BCUT2D eigenvalue weighted by molar-refractivity contribution is 6.01. The normalized spacial score (nSPS) is 19.0. The Labute approximate surface area is 104 Å². The second kappa shape index (κ2) is 4.48. The van der Waals surface area contributed by atoms with Gasteiger partial charge in [-0.25, -0.2) is 0 Å². The van der Waals surface area contributed by atoms with Crippen molar-refractivity contribution in [3.8, 4) is 0 Å². The van der Waals surface area contributed by atoms with Gasteiger partial charge in [-0.3, -0.25) is 14.9 Å². The van der Waals surface area contributed by atoms with E-state index in [4.69, 9.17) is 5.73 Å². The molecule has 1 heterocycles. The Hall–Kier alpha value is -2.37. The third-order valence-electron chi connectivity index (χ3n) is 3.00. The number of nitro benzene ring substituents is 1. The molecule has 0 aliphatic carbocycles. The van der Waals surface area contributed by atoms with Crippen molar-refractivity contribution in [2.75, 3.05) is 17.2 Å². The summed E-state index contributed by atoms with van der Waals surface area (Å²) < 4.78 is 0. The lowest BCUT2D eigenvalue weighted by molar-refractivity contribution is -0.384. The number of hydrogen-bond donors (Lipinski definition) is 1. The van der Waals surface area contributed by atoms with E-state index in [1.54, 1.807) is 12.1 Å². The zero-order chi connectivity index (χ0) is 13.3. The predicted octanol–water partition coefficient (Wildman–Crippen LogP) is 1.72. The smallest absolute Gasteiger partial charge is 0.295 e. The van der Waals surface area contributed by atoms with E-state index < -0.39 is 4.92 Å². The van der Waals surface area contributed by atoms with Gasteiger partial charge in [0.25, 0.3) is 5.69 Å². The Kier molecular flexibility index (Phi) is 3.01. The van der Waals surface area contributed by atoms with Crippen LogP contribution in [0.5, 0.6) is 0 Å². The van der Waals surface area contributed by atoms with Crippen LogP contribution in [-0.2, 0) is 4.79 Å². The third-order valence-corrected chi connectivity index (χ3v) is 3.00. The molecule has 1 fully saturated rings. The Morgan fingerprint density at radius 1 is 1.56 bits per heavy atom. The summed E-state index contributed by atoms with van der Waals surface area (Å²) >= 11 is 0. The average Bonchev–Trinajstić information content (AvgIpc) is 2.70. The van der Waals surface area contributed by atoms with Crippen molar-refractivity contribution in [3.63, 3.8) is 0 Å². The van der Waals surface area contributed by atoms with Crippen molar-refractivity contribution in [3.05, 3.63) is 41.0 Å². The number of nitrogens with two attached hydrogens (primary N) is 1. The molecule has 0 saturated carbocycles. The van der Waals surface area contributed by atoms with Crippen LogP contribution >= 0.6 is 0 Å². The second-order valence-electron chi connectivity index (χ2n) is 4.18. The lowest BCUT2D eigenvalue weighted by Gasteiger charge is -2.18. The molecule has 94 valence electrons. The molecule has 18 heavy (non-hydrogen) atoms. The van der Waals surface area contributed by atoms with Gasteiger partial charge in [0.15, 0.2) is 0 Å². The molecule has 1 saturated heterocycles. The van der Waals surface area contributed by atoms with E-state index in [9.17, 15) is 14.9 Å². The quantitative estimate of drug-likeness (QED) is 0.381. The van der Waals surface area contributed by atoms with Crippen LogP contribution in [0.1, 0.15) is 6.42 Å². The number of nitro groups is 1. The fourth-order valence-corrected chi connectivity index (χ4v) is 2.10. The number of hydrogen-bond acceptors (Lipinski definition) is 4. The van der Waals surface area contributed by atoms with Crippen molar-refractivity contribution in [1.82, 2.24) is 0 Å². The van der Waals surface area contributed by atoms with Crippen LogP contribution in [0.4, 0.5) is 17.1 Å². The molecule has 1 aromatic carbocycles. The first-order valence-corrected chi connectivity index (χ1v) is 5.50. The summed E-state index contributed by atoms with van der Waals surface area (Å²) in [5.74, 6) is -0.155. The van der Waals surface area contributed by atoms with Gasteiger partial charge in [-0.2, -0.15) is 0 Å². The SMILES string of the molecule is C=CC1CC(=O)N(c2c(N)cccc2[N+](=O)[O-])C1. The molecule has 0 spiro atoms. The number of carbonyl (C=O) groups is 1. The summed E-state index contributed by atoms with van der Waals surface area (Å²) in [5.41, 5.74) is 6.05. The summed E-state index contributed by atoms with van der Waals surface area (Å²) in [6.45, 7) is 4.03. The molecule has 6 heteroatoms. The molecule has 6 nitrogen and oxygen atoms in total. The van der Waals surface area contributed by atoms with Crippen molar-refractivity contribution < 1.29 is 9.72 Å². The van der Waals surface area contributed by atoms with Gasteiger partial charge in [-0.1, -0.05) is 12.1 Å². The number of para-hydroxylation sites is 1. The zero-order valence-electron chi connectivity index (χ0n) is 9.70. The molecule has 0 bridgehead atoms. The first-order valence-electron chi connectivity index (χ1n) is 5.50. The van der Waals surface area contributed by atoms with Crippen molar-refractivity contribution >= 4 is 23.0 Å². The molecule has 1 aromatic rings. The fraction of sp³-hybridized carbons (Fsp3) is 0.250. The maximum absolute atomic E-state index is 11.9. The fourth-order valence-electron chi connectivity index (χ4n) is 2.10. The van der Waals surface area contributed by atoms with Crippen LogP contribution in [0.3, 0.4) is 0 Å². The second-order valence-corrected chi connectivity index (χ2v) is 4.18. The molecule has 1 atom stereocenters. The van der Waals surface area contributed by atoms with Crippen molar-refractivity contribution in [1.29, 1.82) is 0 Å². The maximum atomic E-state index is 11.9. The number of rotatable bonds is 3. The maximum Gasteiger partial charge on any atom is 0.295 e. The van der Waals surface area contributed by atoms with Crippen LogP contribution < -0.4 is 10.6 Å². The lowest BCUT2D eigenvalue weighted by Crippen LogP contribution is -2.26. The van der Waals surface area contributed by atoms with Crippen LogP contribution in [0.25, 0.3) is 0 Å². The standard InChI is InChI=1S/C12H13N3O3/c1-2-8-6-11(16)14(7-8)12-9(13)4-3-5-10(12)15(17)18/h2-5,8H,1,6-7,13H2.